The van der Waals surface area contributed by atoms with Crippen LogP contribution in [0.1, 0.15) is 11.1 Å². The zero-order chi connectivity index (χ0) is 19.5. The number of nitrogens with one attached hydrogen (secondary N) is 1. The molecule has 0 unspecified atom stereocenters. The van der Waals surface area contributed by atoms with Gasteiger partial charge in [0.05, 0.1) is 0 Å². The summed E-state index contributed by atoms with van der Waals surface area (Å²) in [6, 6.07) is 13.8. The maximum absolute atomic E-state index is 12.6. The smallest absolute Gasteiger partial charge is 0.321 e. The lowest BCUT2D eigenvalue weighted by molar-refractivity contribution is 0.208. The number of aromatic nitrogens is 3. The van der Waals surface area contributed by atoms with Gasteiger partial charge in [0.1, 0.15) is 0 Å². The van der Waals surface area contributed by atoms with Crippen molar-refractivity contribution in [3.63, 3.8) is 0 Å². The number of rotatable bonds is 3. The van der Waals surface area contributed by atoms with Crippen molar-refractivity contribution in [2.24, 2.45) is 0 Å². The molecule has 1 N–H and O–H groups in total. The van der Waals surface area contributed by atoms with E-state index < -0.39 is 0 Å². The van der Waals surface area contributed by atoms with Crippen LogP contribution < -0.4 is 10.2 Å². The van der Waals surface area contributed by atoms with Crippen LogP contribution in [0.5, 0.6) is 0 Å². The number of hydrogen-bond acceptors (Lipinski definition) is 4. The van der Waals surface area contributed by atoms with Crippen molar-refractivity contribution in [3.05, 3.63) is 66.0 Å². The SMILES string of the molecule is Cc1cccc(NC(=O)N2CCN(c3ccc(-n4cccc4)nn3)CC2)c1C. The first-order chi connectivity index (χ1) is 13.6. The quantitative estimate of drug-likeness (QED) is 0.762. The lowest BCUT2D eigenvalue weighted by Crippen LogP contribution is -2.50. The van der Waals surface area contributed by atoms with E-state index in [-0.39, 0.29) is 6.03 Å². The molecule has 0 bridgehead atoms. The van der Waals surface area contributed by atoms with Gasteiger partial charge in [-0.2, -0.15) is 0 Å². The number of urea groups is 1. The Hall–Kier alpha value is -3.35. The lowest BCUT2D eigenvalue weighted by atomic mass is 10.1. The molecule has 2 aromatic heterocycles. The molecule has 1 aromatic carbocycles. The van der Waals surface area contributed by atoms with E-state index in [0.29, 0.717) is 13.1 Å². The van der Waals surface area contributed by atoms with Crippen molar-refractivity contribution in [1.29, 1.82) is 0 Å². The van der Waals surface area contributed by atoms with Crippen LogP contribution in [0.4, 0.5) is 16.3 Å². The summed E-state index contributed by atoms with van der Waals surface area (Å²) < 4.78 is 1.92. The van der Waals surface area contributed by atoms with Crippen LogP contribution >= 0.6 is 0 Å². The van der Waals surface area contributed by atoms with Gasteiger partial charge in [-0.25, -0.2) is 4.79 Å². The number of carbonyl (C=O) groups is 1. The molecule has 0 saturated carbocycles. The second kappa shape index (κ2) is 7.72. The first kappa shape index (κ1) is 18.0. The van der Waals surface area contributed by atoms with Crippen LogP contribution in [0, 0.1) is 13.8 Å². The summed E-state index contributed by atoms with van der Waals surface area (Å²) in [5, 5.41) is 11.7. The Morgan fingerprint density at radius 3 is 2.25 bits per heavy atom. The summed E-state index contributed by atoms with van der Waals surface area (Å²) in [6.45, 7) is 6.84. The van der Waals surface area contributed by atoms with E-state index >= 15 is 0 Å². The van der Waals surface area contributed by atoms with Gasteiger partial charge < -0.3 is 19.7 Å². The number of nitrogens with zero attached hydrogens (tertiary/aromatic N) is 5. The minimum Gasteiger partial charge on any atom is -0.352 e. The fraction of sp³-hybridized carbons (Fsp3) is 0.286. The van der Waals surface area contributed by atoms with E-state index in [1.807, 2.05) is 78.2 Å². The molecular weight excluding hydrogens is 352 g/mol. The summed E-state index contributed by atoms with van der Waals surface area (Å²) in [5.74, 6) is 1.63. The summed E-state index contributed by atoms with van der Waals surface area (Å²) in [7, 11) is 0. The molecule has 0 spiro atoms. The molecule has 0 atom stereocenters. The van der Waals surface area contributed by atoms with Crippen LogP contribution in [0.15, 0.2) is 54.9 Å². The highest BCUT2D eigenvalue weighted by molar-refractivity contribution is 5.90. The van der Waals surface area contributed by atoms with Gasteiger partial charge in [0, 0.05) is 44.3 Å². The minimum atomic E-state index is -0.0533. The molecule has 0 aliphatic carbocycles. The van der Waals surface area contributed by atoms with Gasteiger partial charge in [-0.3, -0.25) is 0 Å². The first-order valence-corrected chi connectivity index (χ1v) is 9.46. The van der Waals surface area contributed by atoms with E-state index in [9.17, 15) is 4.79 Å². The molecule has 1 saturated heterocycles. The topological polar surface area (TPSA) is 66.3 Å². The van der Waals surface area contributed by atoms with E-state index in [4.69, 9.17) is 0 Å². The van der Waals surface area contributed by atoms with E-state index in [1.54, 1.807) is 0 Å². The highest BCUT2D eigenvalue weighted by Crippen LogP contribution is 2.19. The molecule has 3 aromatic rings. The van der Waals surface area contributed by atoms with Crippen molar-refractivity contribution in [1.82, 2.24) is 19.7 Å². The third kappa shape index (κ3) is 3.69. The Kier molecular flexibility index (Phi) is 4.97. The molecule has 4 rings (SSSR count). The predicted octanol–water partition coefficient (Wildman–Crippen LogP) is 3.24. The fourth-order valence-electron chi connectivity index (χ4n) is 3.33. The molecule has 1 aliphatic heterocycles. The number of hydrogen-bond donors (Lipinski definition) is 1. The number of aryl methyl sites for hydroxylation is 1. The van der Waals surface area contributed by atoms with Crippen molar-refractivity contribution >= 4 is 17.5 Å². The van der Waals surface area contributed by atoms with Gasteiger partial charge in [0.25, 0.3) is 0 Å². The number of anilines is 2. The largest absolute Gasteiger partial charge is 0.352 e. The Balaban J connectivity index is 1.35. The normalized spacial score (nSPS) is 14.2. The number of piperazine rings is 1. The van der Waals surface area contributed by atoms with Crippen LogP contribution in [0.2, 0.25) is 0 Å². The van der Waals surface area contributed by atoms with Crippen LogP contribution in [0.25, 0.3) is 5.82 Å². The number of carbonyl (C=O) groups excluding carboxylic acids is 1. The lowest BCUT2D eigenvalue weighted by Gasteiger charge is -2.35. The molecule has 7 nitrogen and oxygen atoms in total. The zero-order valence-corrected chi connectivity index (χ0v) is 16.2. The Labute approximate surface area is 164 Å². The van der Waals surface area contributed by atoms with Crippen LogP contribution in [-0.2, 0) is 0 Å². The van der Waals surface area contributed by atoms with Crippen molar-refractivity contribution in [3.8, 4) is 5.82 Å². The maximum atomic E-state index is 12.6. The summed E-state index contributed by atoms with van der Waals surface area (Å²) in [4.78, 5) is 16.6. The molecule has 28 heavy (non-hydrogen) atoms. The van der Waals surface area contributed by atoms with Gasteiger partial charge in [0.2, 0.25) is 0 Å². The van der Waals surface area contributed by atoms with Crippen molar-refractivity contribution in [2.45, 2.75) is 13.8 Å². The standard InChI is InChI=1S/C21H24N6O/c1-16-6-5-7-18(17(16)2)22-21(28)27-14-12-26(13-15-27)20-9-8-19(23-24-20)25-10-3-4-11-25/h3-11H,12-15H2,1-2H3,(H,22,28). The van der Waals surface area contributed by atoms with Crippen molar-refractivity contribution in [2.75, 3.05) is 36.4 Å². The Morgan fingerprint density at radius 2 is 1.57 bits per heavy atom. The van der Waals surface area contributed by atoms with Gasteiger partial charge in [-0.05, 0) is 55.3 Å². The Morgan fingerprint density at radius 1 is 0.893 bits per heavy atom. The van der Waals surface area contributed by atoms with Crippen LogP contribution in [-0.4, -0.2) is 51.9 Å². The van der Waals surface area contributed by atoms with Crippen LogP contribution in [0.3, 0.4) is 0 Å². The highest BCUT2D eigenvalue weighted by Gasteiger charge is 2.22. The molecule has 144 valence electrons. The first-order valence-electron chi connectivity index (χ1n) is 9.46. The Bertz CT molecular complexity index is 944. The average molecular weight is 376 g/mol. The molecule has 0 radical (unpaired) electrons. The molecule has 1 fully saturated rings. The van der Waals surface area contributed by atoms with Gasteiger partial charge in [0.15, 0.2) is 11.6 Å². The van der Waals surface area contributed by atoms with Gasteiger partial charge in [-0.15, -0.1) is 10.2 Å². The van der Waals surface area contributed by atoms with Gasteiger partial charge in [-0.1, -0.05) is 12.1 Å². The zero-order valence-electron chi connectivity index (χ0n) is 16.2. The summed E-state index contributed by atoms with van der Waals surface area (Å²) in [6.07, 6.45) is 3.88. The predicted molar refractivity (Wildman–Crippen MR) is 110 cm³/mol. The fourth-order valence-corrected chi connectivity index (χ4v) is 3.33. The number of amides is 2. The summed E-state index contributed by atoms with van der Waals surface area (Å²) >= 11 is 0. The minimum absolute atomic E-state index is 0.0533. The molecular formula is C21H24N6O. The molecule has 7 heteroatoms. The van der Waals surface area contributed by atoms with Gasteiger partial charge >= 0.3 is 6.03 Å². The molecule has 2 amide bonds. The van der Waals surface area contributed by atoms with E-state index in [1.165, 1.54) is 5.56 Å². The highest BCUT2D eigenvalue weighted by atomic mass is 16.2. The average Bonchev–Trinajstić information content (AvgIpc) is 3.26. The second-order valence-electron chi connectivity index (χ2n) is 6.99. The second-order valence-corrected chi connectivity index (χ2v) is 6.99. The maximum Gasteiger partial charge on any atom is 0.321 e. The van der Waals surface area contributed by atoms with Crippen molar-refractivity contribution < 1.29 is 4.79 Å². The third-order valence-corrected chi connectivity index (χ3v) is 5.24. The van der Waals surface area contributed by atoms with E-state index in [0.717, 1.165) is 36.0 Å². The molecule has 1 aliphatic rings. The summed E-state index contributed by atoms with van der Waals surface area (Å²) in [5.41, 5.74) is 3.15. The number of benzene rings is 1. The monoisotopic (exact) mass is 376 g/mol. The third-order valence-electron chi connectivity index (χ3n) is 5.24. The molecule has 3 heterocycles. The van der Waals surface area contributed by atoms with E-state index in [2.05, 4.69) is 20.4 Å².